The van der Waals surface area contributed by atoms with Gasteiger partial charge in [0.1, 0.15) is 5.75 Å². The van der Waals surface area contributed by atoms with Crippen LogP contribution in [0.3, 0.4) is 0 Å². The Bertz CT molecular complexity index is 600. The highest BCUT2D eigenvalue weighted by Gasteiger charge is 2.17. The summed E-state index contributed by atoms with van der Waals surface area (Å²) in [5.74, 6) is 1.04. The van der Waals surface area contributed by atoms with Crippen molar-refractivity contribution in [1.82, 2.24) is 4.98 Å². The number of aryl methyl sites for hydroxylation is 1. The maximum atomic E-state index is 5.75. The van der Waals surface area contributed by atoms with Gasteiger partial charge in [-0.3, -0.25) is 0 Å². The van der Waals surface area contributed by atoms with Gasteiger partial charge in [0.15, 0.2) is 0 Å². The van der Waals surface area contributed by atoms with E-state index >= 15 is 0 Å². The van der Waals surface area contributed by atoms with Crippen molar-refractivity contribution in [3.63, 3.8) is 0 Å². The molecule has 1 unspecified atom stereocenters. The molecule has 2 heterocycles. The van der Waals surface area contributed by atoms with Crippen molar-refractivity contribution in [2.75, 3.05) is 11.9 Å². The monoisotopic (exact) mass is 256 g/mol. The molecule has 0 radical (unpaired) electrons. The van der Waals surface area contributed by atoms with Crippen LogP contribution in [0, 0.1) is 0 Å². The smallest absolute Gasteiger partial charge is 0.123 e. The molecule has 0 saturated heterocycles. The average molecular weight is 256 g/mol. The van der Waals surface area contributed by atoms with Gasteiger partial charge in [0.2, 0.25) is 0 Å². The molecule has 0 bridgehead atoms. The summed E-state index contributed by atoms with van der Waals surface area (Å²) >= 11 is 0. The van der Waals surface area contributed by atoms with Gasteiger partial charge in [0.05, 0.1) is 12.3 Å². The molecule has 0 fully saturated rings. The summed E-state index contributed by atoms with van der Waals surface area (Å²) in [4.78, 5) is 3.34. The molecule has 1 aliphatic heterocycles. The summed E-state index contributed by atoms with van der Waals surface area (Å²) in [6.45, 7) is 6.80. The average Bonchev–Trinajstić information content (AvgIpc) is 2.82. The summed E-state index contributed by atoms with van der Waals surface area (Å²) in [5.41, 5.74) is 3.68. The Labute approximate surface area is 113 Å². The standard InChI is InChI=1S/C16H20N2O/c1-3-5-11(2)18-14-10-17-13-7-8-15-12(16(13)14)6-4-9-19-15/h3,7-8,10-11,17-18H,1,4-6,9H2,2H3. The number of benzene rings is 1. The zero-order valence-electron chi connectivity index (χ0n) is 11.3. The first-order valence-corrected chi connectivity index (χ1v) is 6.93. The van der Waals surface area contributed by atoms with Gasteiger partial charge in [-0.25, -0.2) is 0 Å². The van der Waals surface area contributed by atoms with E-state index in [4.69, 9.17) is 4.74 Å². The lowest BCUT2D eigenvalue weighted by Crippen LogP contribution is -2.14. The normalized spacial score (nSPS) is 15.6. The molecular weight excluding hydrogens is 236 g/mol. The number of aromatic nitrogens is 1. The number of nitrogens with one attached hydrogen (secondary N) is 2. The molecule has 3 heteroatoms. The van der Waals surface area contributed by atoms with Crippen molar-refractivity contribution in [2.45, 2.75) is 32.2 Å². The van der Waals surface area contributed by atoms with E-state index in [1.807, 2.05) is 6.08 Å². The zero-order valence-corrected chi connectivity index (χ0v) is 11.3. The first-order valence-electron chi connectivity index (χ1n) is 6.93. The van der Waals surface area contributed by atoms with Gasteiger partial charge < -0.3 is 15.0 Å². The summed E-state index contributed by atoms with van der Waals surface area (Å²) < 4.78 is 5.75. The topological polar surface area (TPSA) is 37.0 Å². The van der Waals surface area contributed by atoms with Crippen molar-refractivity contribution in [3.8, 4) is 5.75 Å². The third kappa shape index (κ3) is 2.21. The Hall–Kier alpha value is -1.90. The molecule has 0 spiro atoms. The van der Waals surface area contributed by atoms with Gasteiger partial charge in [-0.1, -0.05) is 6.08 Å². The molecule has 0 aliphatic carbocycles. The van der Waals surface area contributed by atoms with Crippen LogP contribution in [0.2, 0.25) is 0 Å². The van der Waals surface area contributed by atoms with Crippen molar-refractivity contribution in [3.05, 3.63) is 36.5 Å². The summed E-state index contributed by atoms with van der Waals surface area (Å²) in [6.07, 6.45) is 7.15. The Kier molecular flexibility index (Phi) is 3.20. The molecule has 100 valence electrons. The molecular formula is C16H20N2O. The van der Waals surface area contributed by atoms with Crippen LogP contribution < -0.4 is 10.1 Å². The number of anilines is 1. The van der Waals surface area contributed by atoms with E-state index in [2.05, 4.69) is 42.1 Å². The van der Waals surface area contributed by atoms with Crippen molar-refractivity contribution in [1.29, 1.82) is 0 Å². The van der Waals surface area contributed by atoms with Crippen LogP contribution in [0.5, 0.6) is 5.75 Å². The highest BCUT2D eigenvalue weighted by Crippen LogP contribution is 2.36. The maximum absolute atomic E-state index is 5.75. The number of hydrogen-bond acceptors (Lipinski definition) is 2. The first kappa shape index (κ1) is 12.2. The first-order chi connectivity index (χ1) is 9.29. The molecule has 1 aromatic carbocycles. The number of aromatic amines is 1. The van der Waals surface area contributed by atoms with Gasteiger partial charge in [0, 0.05) is 28.7 Å². The van der Waals surface area contributed by atoms with Crippen molar-refractivity contribution < 1.29 is 4.74 Å². The van der Waals surface area contributed by atoms with Gasteiger partial charge >= 0.3 is 0 Å². The maximum Gasteiger partial charge on any atom is 0.123 e. The molecule has 1 aliphatic rings. The quantitative estimate of drug-likeness (QED) is 0.815. The van der Waals surface area contributed by atoms with E-state index in [9.17, 15) is 0 Å². The lowest BCUT2D eigenvalue weighted by Gasteiger charge is -2.19. The summed E-state index contributed by atoms with van der Waals surface area (Å²) in [7, 11) is 0. The molecule has 1 atom stereocenters. The highest BCUT2D eigenvalue weighted by atomic mass is 16.5. The SMILES string of the molecule is C=CCC(C)Nc1c[nH]c2ccc3c(c12)CCCO3. The van der Waals surface area contributed by atoms with E-state index in [-0.39, 0.29) is 0 Å². The highest BCUT2D eigenvalue weighted by molar-refractivity contribution is 5.97. The van der Waals surface area contributed by atoms with E-state index in [0.29, 0.717) is 6.04 Å². The number of H-pyrrole nitrogens is 1. The van der Waals surface area contributed by atoms with Gasteiger partial charge in [-0.05, 0) is 38.3 Å². The fourth-order valence-corrected chi connectivity index (χ4v) is 2.78. The van der Waals surface area contributed by atoms with E-state index in [0.717, 1.165) is 31.6 Å². The lowest BCUT2D eigenvalue weighted by atomic mass is 10.0. The molecule has 0 saturated carbocycles. The molecule has 3 rings (SSSR count). The van der Waals surface area contributed by atoms with E-state index < -0.39 is 0 Å². The Morgan fingerprint density at radius 3 is 3.26 bits per heavy atom. The van der Waals surface area contributed by atoms with Crippen LogP contribution in [0.4, 0.5) is 5.69 Å². The van der Waals surface area contributed by atoms with Crippen molar-refractivity contribution >= 4 is 16.6 Å². The molecule has 2 aromatic rings. The Balaban J connectivity index is 2.02. The second-order valence-electron chi connectivity index (χ2n) is 5.19. The van der Waals surface area contributed by atoms with Gasteiger partial charge in [-0.15, -0.1) is 6.58 Å². The molecule has 3 nitrogen and oxygen atoms in total. The van der Waals surface area contributed by atoms with E-state index in [1.54, 1.807) is 0 Å². The molecule has 0 amide bonds. The van der Waals surface area contributed by atoms with Crippen LogP contribution in [0.1, 0.15) is 25.3 Å². The van der Waals surface area contributed by atoms with Crippen LogP contribution in [-0.2, 0) is 6.42 Å². The third-order valence-corrected chi connectivity index (χ3v) is 3.66. The molecule has 19 heavy (non-hydrogen) atoms. The van der Waals surface area contributed by atoms with Gasteiger partial charge in [-0.2, -0.15) is 0 Å². The Morgan fingerprint density at radius 2 is 2.42 bits per heavy atom. The minimum Gasteiger partial charge on any atom is -0.493 e. The Morgan fingerprint density at radius 1 is 1.53 bits per heavy atom. The predicted molar refractivity (Wildman–Crippen MR) is 80.0 cm³/mol. The largest absolute Gasteiger partial charge is 0.493 e. The minimum absolute atomic E-state index is 0.386. The second kappa shape index (κ2) is 5.00. The molecule has 2 N–H and O–H groups in total. The zero-order chi connectivity index (χ0) is 13.2. The van der Waals surface area contributed by atoms with E-state index in [1.165, 1.54) is 22.2 Å². The number of ether oxygens (including phenoxy) is 1. The minimum atomic E-state index is 0.386. The fraction of sp³-hybridized carbons (Fsp3) is 0.375. The summed E-state index contributed by atoms with van der Waals surface area (Å²) in [5, 5.41) is 4.84. The third-order valence-electron chi connectivity index (χ3n) is 3.66. The van der Waals surface area contributed by atoms with Gasteiger partial charge in [0.25, 0.3) is 0 Å². The second-order valence-corrected chi connectivity index (χ2v) is 5.19. The number of fused-ring (bicyclic) bond motifs is 3. The summed E-state index contributed by atoms with van der Waals surface area (Å²) in [6, 6.07) is 4.56. The number of hydrogen-bond donors (Lipinski definition) is 2. The predicted octanol–water partition coefficient (Wildman–Crippen LogP) is 3.87. The number of rotatable bonds is 4. The van der Waals surface area contributed by atoms with Crippen LogP contribution in [0.25, 0.3) is 10.9 Å². The van der Waals surface area contributed by atoms with Crippen LogP contribution >= 0.6 is 0 Å². The van der Waals surface area contributed by atoms with Crippen LogP contribution in [-0.4, -0.2) is 17.6 Å². The molecule has 1 aromatic heterocycles. The fourth-order valence-electron chi connectivity index (χ4n) is 2.78. The lowest BCUT2D eigenvalue weighted by molar-refractivity contribution is 0.289. The van der Waals surface area contributed by atoms with Crippen molar-refractivity contribution in [2.24, 2.45) is 0 Å². The van der Waals surface area contributed by atoms with Crippen LogP contribution in [0.15, 0.2) is 31.0 Å².